The van der Waals surface area contributed by atoms with E-state index < -0.39 is 0 Å². The maximum atomic E-state index is 9.70. The Kier molecular flexibility index (Phi) is 4.06. The summed E-state index contributed by atoms with van der Waals surface area (Å²) in [4.78, 5) is 0. The predicted molar refractivity (Wildman–Crippen MR) is 86.8 cm³/mol. The summed E-state index contributed by atoms with van der Waals surface area (Å²) in [7, 11) is 0. The molecule has 0 spiro atoms. The van der Waals surface area contributed by atoms with Gasteiger partial charge in [0.05, 0.1) is 6.61 Å². The lowest BCUT2D eigenvalue weighted by Gasteiger charge is -2.14. The number of fused-ring (bicyclic) bond motifs is 1. The summed E-state index contributed by atoms with van der Waals surface area (Å²) in [5, 5.41) is 13.9. The summed E-state index contributed by atoms with van der Waals surface area (Å²) in [5.74, 6) is 0.0895. The third-order valence-corrected chi connectivity index (χ3v) is 4.82. The van der Waals surface area contributed by atoms with Crippen molar-refractivity contribution in [2.24, 2.45) is 0 Å². The standard InChI is InChI=1S/C17H15ClOS/c18-15-5-3-4-12(9-15)13(10-19)8-14-11-20-17-7-2-1-6-16(14)17/h1-7,9,11,13,19H,8,10H2. The number of hydrogen-bond acceptors (Lipinski definition) is 2. The highest BCUT2D eigenvalue weighted by Crippen LogP contribution is 2.30. The summed E-state index contributed by atoms with van der Waals surface area (Å²) in [6.07, 6.45) is 0.834. The molecule has 3 rings (SSSR count). The van der Waals surface area contributed by atoms with Gasteiger partial charge in [0.15, 0.2) is 0 Å². The molecule has 1 heterocycles. The molecule has 0 aliphatic rings. The van der Waals surface area contributed by atoms with Crippen LogP contribution >= 0.6 is 22.9 Å². The summed E-state index contributed by atoms with van der Waals surface area (Å²) in [6, 6.07) is 16.2. The predicted octanol–water partition coefficient (Wildman–Crippen LogP) is 4.87. The van der Waals surface area contributed by atoms with Gasteiger partial charge in [-0.15, -0.1) is 11.3 Å². The van der Waals surface area contributed by atoms with Gasteiger partial charge in [0.25, 0.3) is 0 Å². The molecule has 0 fully saturated rings. The van der Waals surface area contributed by atoms with Crippen LogP contribution in [0.3, 0.4) is 0 Å². The van der Waals surface area contributed by atoms with Crippen molar-refractivity contribution >= 4 is 33.0 Å². The highest BCUT2D eigenvalue weighted by atomic mass is 35.5. The highest BCUT2D eigenvalue weighted by Gasteiger charge is 2.14. The number of aliphatic hydroxyl groups excluding tert-OH is 1. The van der Waals surface area contributed by atoms with Crippen LogP contribution in [0.2, 0.25) is 5.02 Å². The molecule has 0 bridgehead atoms. The molecule has 3 heteroatoms. The molecule has 1 aromatic heterocycles. The van der Waals surface area contributed by atoms with Gasteiger partial charge in [0.1, 0.15) is 0 Å². The fourth-order valence-corrected chi connectivity index (χ4v) is 3.68. The van der Waals surface area contributed by atoms with Gasteiger partial charge >= 0.3 is 0 Å². The van der Waals surface area contributed by atoms with Gasteiger partial charge in [-0.3, -0.25) is 0 Å². The third kappa shape index (κ3) is 2.73. The third-order valence-electron chi connectivity index (χ3n) is 3.57. The molecule has 0 saturated heterocycles. The Bertz CT molecular complexity index is 720. The molecular formula is C17H15ClOS. The van der Waals surface area contributed by atoms with Crippen molar-refractivity contribution in [3.63, 3.8) is 0 Å². The van der Waals surface area contributed by atoms with E-state index in [9.17, 15) is 5.11 Å². The van der Waals surface area contributed by atoms with Gasteiger partial charge in [0, 0.05) is 15.6 Å². The summed E-state index contributed by atoms with van der Waals surface area (Å²) in [6.45, 7) is 0.129. The Morgan fingerprint density at radius 1 is 1.10 bits per heavy atom. The largest absolute Gasteiger partial charge is 0.396 e. The average Bonchev–Trinajstić information content (AvgIpc) is 2.88. The first-order valence-electron chi connectivity index (χ1n) is 6.59. The smallest absolute Gasteiger partial charge is 0.0502 e. The van der Waals surface area contributed by atoms with Crippen molar-refractivity contribution in [3.05, 3.63) is 70.1 Å². The molecule has 0 aliphatic carbocycles. The first-order valence-corrected chi connectivity index (χ1v) is 7.85. The quantitative estimate of drug-likeness (QED) is 0.728. The van der Waals surface area contributed by atoms with Gasteiger partial charge in [-0.1, -0.05) is 41.9 Å². The van der Waals surface area contributed by atoms with Gasteiger partial charge in [0.2, 0.25) is 0 Å². The number of halogens is 1. The Hall–Kier alpha value is -1.35. The lowest BCUT2D eigenvalue weighted by molar-refractivity contribution is 0.264. The fourth-order valence-electron chi connectivity index (χ4n) is 2.50. The van der Waals surface area contributed by atoms with Crippen LogP contribution in [0.15, 0.2) is 53.9 Å². The first-order chi connectivity index (χ1) is 9.78. The van der Waals surface area contributed by atoms with E-state index in [1.54, 1.807) is 11.3 Å². The molecule has 0 amide bonds. The molecular weight excluding hydrogens is 288 g/mol. The van der Waals surface area contributed by atoms with Crippen molar-refractivity contribution in [3.8, 4) is 0 Å². The Morgan fingerprint density at radius 3 is 2.75 bits per heavy atom. The number of benzene rings is 2. The van der Waals surface area contributed by atoms with Crippen LogP contribution in [0.5, 0.6) is 0 Å². The van der Waals surface area contributed by atoms with Crippen molar-refractivity contribution < 1.29 is 5.11 Å². The maximum absolute atomic E-state index is 9.70. The van der Waals surface area contributed by atoms with Gasteiger partial charge in [-0.05, 0) is 46.5 Å². The second-order valence-electron chi connectivity index (χ2n) is 4.90. The molecule has 0 radical (unpaired) electrons. The van der Waals surface area contributed by atoms with E-state index in [-0.39, 0.29) is 12.5 Å². The average molecular weight is 303 g/mol. The van der Waals surface area contributed by atoms with Crippen molar-refractivity contribution in [2.75, 3.05) is 6.61 Å². The zero-order chi connectivity index (χ0) is 13.9. The number of rotatable bonds is 4. The Balaban J connectivity index is 1.92. The molecule has 1 atom stereocenters. The van der Waals surface area contributed by atoms with E-state index in [0.29, 0.717) is 0 Å². The topological polar surface area (TPSA) is 20.2 Å². The normalized spacial score (nSPS) is 12.7. The second-order valence-corrected chi connectivity index (χ2v) is 6.24. The van der Waals surface area contributed by atoms with Crippen LogP contribution in [0.1, 0.15) is 17.0 Å². The van der Waals surface area contributed by atoms with Gasteiger partial charge < -0.3 is 5.11 Å². The Morgan fingerprint density at radius 2 is 1.95 bits per heavy atom. The van der Waals surface area contributed by atoms with Crippen molar-refractivity contribution in [1.82, 2.24) is 0 Å². The van der Waals surface area contributed by atoms with Crippen LogP contribution in [0, 0.1) is 0 Å². The molecule has 1 N–H and O–H groups in total. The molecule has 1 unspecified atom stereocenters. The zero-order valence-electron chi connectivity index (χ0n) is 10.9. The van der Waals surface area contributed by atoms with Crippen molar-refractivity contribution in [2.45, 2.75) is 12.3 Å². The van der Waals surface area contributed by atoms with E-state index >= 15 is 0 Å². The van der Waals surface area contributed by atoms with Crippen LogP contribution in [-0.2, 0) is 6.42 Å². The molecule has 0 saturated carbocycles. The fraction of sp³-hybridized carbons (Fsp3) is 0.176. The molecule has 3 aromatic rings. The van der Waals surface area contributed by atoms with Crippen LogP contribution in [-0.4, -0.2) is 11.7 Å². The molecule has 20 heavy (non-hydrogen) atoms. The van der Waals surface area contributed by atoms with E-state index in [4.69, 9.17) is 11.6 Å². The minimum Gasteiger partial charge on any atom is -0.396 e. The van der Waals surface area contributed by atoms with Crippen LogP contribution in [0.25, 0.3) is 10.1 Å². The molecule has 0 aliphatic heterocycles. The van der Waals surface area contributed by atoms with Gasteiger partial charge in [-0.2, -0.15) is 0 Å². The second kappa shape index (κ2) is 5.96. The van der Waals surface area contributed by atoms with E-state index in [0.717, 1.165) is 17.0 Å². The monoisotopic (exact) mass is 302 g/mol. The van der Waals surface area contributed by atoms with E-state index in [2.05, 4.69) is 29.6 Å². The SMILES string of the molecule is OCC(Cc1csc2ccccc12)c1cccc(Cl)c1. The minimum absolute atomic E-state index is 0.0895. The van der Waals surface area contributed by atoms with Gasteiger partial charge in [-0.25, -0.2) is 0 Å². The minimum atomic E-state index is 0.0895. The van der Waals surface area contributed by atoms with E-state index in [1.165, 1.54) is 15.6 Å². The zero-order valence-corrected chi connectivity index (χ0v) is 12.5. The van der Waals surface area contributed by atoms with Crippen LogP contribution < -0.4 is 0 Å². The maximum Gasteiger partial charge on any atom is 0.0502 e. The Labute approximate surface area is 127 Å². The summed E-state index contributed by atoms with van der Waals surface area (Å²) < 4.78 is 1.30. The molecule has 2 aromatic carbocycles. The van der Waals surface area contributed by atoms with E-state index in [1.807, 2.05) is 24.3 Å². The molecule has 1 nitrogen and oxygen atoms in total. The number of thiophene rings is 1. The van der Waals surface area contributed by atoms with Crippen molar-refractivity contribution in [1.29, 1.82) is 0 Å². The summed E-state index contributed by atoms with van der Waals surface area (Å²) in [5.41, 5.74) is 2.39. The lowest BCUT2D eigenvalue weighted by atomic mass is 9.92. The number of aliphatic hydroxyl groups is 1. The highest BCUT2D eigenvalue weighted by molar-refractivity contribution is 7.17. The first kappa shape index (κ1) is 13.6. The lowest BCUT2D eigenvalue weighted by Crippen LogP contribution is -2.07. The molecule has 102 valence electrons. The van der Waals surface area contributed by atoms with Crippen LogP contribution in [0.4, 0.5) is 0 Å². The summed E-state index contributed by atoms with van der Waals surface area (Å²) >= 11 is 7.80. The number of hydrogen-bond donors (Lipinski definition) is 1.